The lowest BCUT2D eigenvalue weighted by molar-refractivity contribution is -0.0523. The Morgan fingerprint density at radius 1 is 1.32 bits per heavy atom. The Balaban J connectivity index is 2.06. The van der Waals surface area contributed by atoms with E-state index in [-0.39, 0.29) is 11.9 Å². The second-order valence-corrected chi connectivity index (χ2v) is 5.68. The summed E-state index contributed by atoms with van der Waals surface area (Å²) in [7, 11) is 1.44. The monoisotopic (exact) mass is 315 g/mol. The Kier molecular flexibility index (Phi) is 5.97. The van der Waals surface area contributed by atoms with Crippen molar-refractivity contribution in [2.24, 2.45) is 5.92 Å². The molecule has 2 rings (SSSR count). The lowest BCUT2D eigenvalue weighted by atomic mass is 9.92. The SMILES string of the molecule is COc1cccc(CN2CCC(C(C)O)CC2)c1OC(F)F. The molecule has 0 aliphatic carbocycles. The van der Waals surface area contributed by atoms with Gasteiger partial charge in [0.25, 0.3) is 0 Å². The molecule has 1 aromatic rings. The topological polar surface area (TPSA) is 41.9 Å². The van der Waals surface area contributed by atoms with Gasteiger partial charge in [0.2, 0.25) is 0 Å². The predicted molar refractivity (Wildman–Crippen MR) is 79.3 cm³/mol. The largest absolute Gasteiger partial charge is 0.493 e. The van der Waals surface area contributed by atoms with Crippen LogP contribution in [-0.4, -0.2) is 42.9 Å². The van der Waals surface area contributed by atoms with E-state index < -0.39 is 6.61 Å². The van der Waals surface area contributed by atoms with E-state index >= 15 is 0 Å². The number of benzene rings is 1. The third kappa shape index (κ3) is 4.30. The summed E-state index contributed by atoms with van der Waals surface area (Å²) >= 11 is 0. The molecule has 0 amide bonds. The van der Waals surface area contributed by atoms with Gasteiger partial charge < -0.3 is 14.6 Å². The number of hydrogen-bond acceptors (Lipinski definition) is 4. The lowest BCUT2D eigenvalue weighted by Crippen LogP contribution is -2.36. The minimum Gasteiger partial charge on any atom is -0.493 e. The van der Waals surface area contributed by atoms with Crippen LogP contribution in [0.2, 0.25) is 0 Å². The van der Waals surface area contributed by atoms with E-state index in [4.69, 9.17) is 4.74 Å². The molecule has 1 unspecified atom stereocenters. The zero-order valence-electron chi connectivity index (χ0n) is 13.0. The molecule has 1 N–H and O–H groups in total. The van der Waals surface area contributed by atoms with Gasteiger partial charge in [-0.15, -0.1) is 0 Å². The molecule has 4 nitrogen and oxygen atoms in total. The van der Waals surface area contributed by atoms with Crippen molar-refractivity contribution in [2.75, 3.05) is 20.2 Å². The van der Waals surface area contributed by atoms with Gasteiger partial charge in [0.15, 0.2) is 11.5 Å². The first-order chi connectivity index (χ1) is 10.5. The van der Waals surface area contributed by atoms with Gasteiger partial charge in [-0.3, -0.25) is 4.90 Å². The highest BCUT2D eigenvalue weighted by Gasteiger charge is 2.24. The van der Waals surface area contributed by atoms with E-state index in [9.17, 15) is 13.9 Å². The van der Waals surface area contributed by atoms with Gasteiger partial charge in [-0.2, -0.15) is 8.78 Å². The maximum atomic E-state index is 12.6. The molecule has 1 atom stereocenters. The van der Waals surface area contributed by atoms with E-state index in [0.717, 1.165) is 25.9 Å². The molecule has 1 aromatic carbocycles. The molecule has 6 heteroatoms. The first-order valence-corrected chi connectivity index (χ1v) is 7.52. The van der Waals surface area contributed by atoms with Crippen molar-refractivity contribution in [2.45, 2.75) is 39.0 Å². The van der Waals surface area contributed by atoms with Crippen molar-refractivity contribution in [3.8, 4) is 11.5 Å². The second kappa shape index (κ2) is 7.74. The van der Waals surface area contributed by atoms with E-state index in [0.29, 0.717) is 23.8 Å². The maximum Gasteiger partial charge on any atom is 0.387 e. The average Bonchev–Trinajstić information content (AvgIpc) is 2.49. The van der Waals surface area contributed by atoms with Crippen molar-refractivity contribution in [3.63, 3.8) is 0 Å². The standard InChI is InChI=1S/C16H23F2NO3/c1-11(20)12-6-8-19(9-7-12)10-13-4-3-5-14(21-2)15(13)22-16(17)18/h3-5,11-12,16,20H,6-10H2,1-2H3. The first kappa shape index (κ1) is 17.0. The highest BCUT2D eigenvalue weighted by Crippen LogP contribution is 2.34. The fourth-order valence-electron chi connectivity index (χ4n) is 2.90. The Labute approximate surface area is 129 Å². The molecule has 0 aromatic heterocycles. The quantitative estimate of drug-likeness (QED) is 0.876. The molecule has 0 saturated carbocycles. The van der Waals surface area contributed by atoms with E-state index in [2.05, 4.69) is 9.64 Å². The molecular weight excluding hydrogens is 292 g/mol. The van der Waals surface area contributed by atoms with Gasteiger partial charge in [-0.1, -0.05) is 12.1 Å². The number of methoxy groups -OCH3 is 1. The number of hydrogen-bond donors (Lipinski definition) is 1. The molecule has 0 spiro atoms. The number of ether oxygens (including phenoxy) is 2. The van der Waals surface area contributed by atoms with Gasteiger partial charge in [0, 0.05) is 12.1 Å². The summed E-state index contributed by atoms with van der Waals surface area (Å²) in [5, 5.41) is 9.63. The predicted octanol–water partition coefficient (Wildman–Crippen LogP) is 2.89. The zero-order chi connectivity index (χ0) is 16.1. The molecule has 1 saturated heterocycles. The number of nitrogens with zero attached hydrogens (tertiary/aromatic N) is 1. The van der Waals surface area contributed by atoms with Crippen molar-refractivity contribution >= 4 is 0 Å². The molecule has 1 fully saturated rings. The Morgan fingerprint density at radius 3 is 2.55 bits per heavy atom. The zero-order valence-corrected chi connectivity index (χ0v) is 13.0. The van der Waals surface area contributed by atoms with Crippen LogP contribution in [0.3, 0.4) is 0 Å². The number of halogens is 2. The van der Waals surface area contributed by atoms with E-state index in [1.54, 1.807) is 18.2 Å². The van der Waals surface area contributed by atoms with Crippen molar-refractivity contribution in [1.29, 1.82) is 0 Å². The van der Waals surface area contributed by atoms with Crippen LogP contribution in [0.5, 0.6) is 11.5 Å². The Bertz CT molecular complexity index is 474. The summed E-state index contributed by atoms with van der Waals surface area (Å²) in [4.78, 5) is 2.19. The number of piperidine rings is 1. The minimum absolute atomic E-state index is 0.109. The Hall–Kier alpha value is -1.40. The van der Waals surface area contributed by atoms with Crippen molar-refractivity contribution in [1.82, 2.24) is 4.90 Å². The average molecular weight is 315 g/mol. The number of rotatable bonds is 6. The highest BCUT2D eigenvalue weighted by molar-refractivity contribution is 5.46. The number of likely N-dealkylation sites (tertiary alicyclic amines) is 1. The van der Waals surface area contributed by atoms with Crippen LogP contribution in [0.15, 0.2) is 18.2 Å². The number of aliphatic hydroxyl groups excluding tert-OH is 1. The first-order valence-electron chi connectivity index (χ1n) is 7.52. The number of aliphatic hydroxyl groups is 1. The molecule has 124 valence electrons. The second-order valence-electron chi connectivity index (χ2n) is 5.68. The van der Waals surface area contributed by atoms with Gasteiger partial charge in [0.05, 0.1) is 13.2 Å². The summed E-state index contributed by atoms with van der Waals surface area (Å²) in [5.74, 6) is 0.743. The third-order valence-electron chi connectivity index (χ3n) is 4.20. The fourth-order valence-corrected chi connectivity index (χ4v) is 2.90. The summed E-state index contributed by atoms with van der Waals surface area (Å²) in [6.07, 6.45) is 1.52. The van der Waals surface area contributed by atoms with Crippen molar-refractivity contribution in [3.05, 3.63) is 23.8 Å². The molecule has 1 aliphatic rings. The third-order valence-corrected chi connectivity index (χ3v) is 4.20. The summed E-state index contributed by atoms with van der Waals surface area (Å²) in [6.45, 7) is 1.14. The smallest absolute Gasteiger partial charge is 0.387 e. The number of alkyl halides is 2. The molecule has 0 bridgehead atoms. The van der Waals surface area contributed by atoms with Crippen LogP contribution in [-0.2, 0) is 6.54 Å². The summed E-state index contributed by atoms with van der Waals surface area (Å²) < 4.78 is 35.0. The summed E-state index contributed by atoms with van der Waals surface area (Å²) in [5.41, 5.74) is 0.690. The molecule has 0 radical (unpaired) electrons. The maximum absolute atomic E-state index is 12.6. The van der Waals surface area contributed by atoms with Gasteiger partial charge >= 0.3 is 6.61 Å². The van der Waals surface area contributed by atoms with E-state index in [1.807, 2.05) is 6.92 Å². The molecular formula is C16H23F2NO3. The van der Waals surface area contributed by atoms with Gasteiger partial charge in [-0.25, -0.2) is 0 Å². The van der Waals surface area contributed by atoms with Crippen LogP contribution < -0.4 is 9.47 Å². The van der Waals surface area contributed by atoms with Gasteiger partial charge in [-0.05, 0) is 44.8 Å². The number of para-hydroxylation sites is 1. The molecule has 1 aliphatic heterocycles. The molecule has 22 heavy (non-hydrogen) atoms. The van der Waals surface area contributed by atoms with Crippen LogP contribution in [0.25, 0.3) is 0 Å². The van der Waals surface area contributed by atoms with Gasteiger partial charge in [0.1, 0.15) is 0 Å². The molecule has 1 heterocycles. The van der Waals surface area contributed by atoms with Crippen LogP contribution >= 0.6 is 0 Å². The van der Waals surface area contributed by atoms with Crippen LogP contribution in [0, 0.1) is 5.92 Å². The normalized spacial score (nSPS) is 18.5. The van der Waals surface area contributed by atoms with Crippen molar-refractivity contribution < 1.29 is 23.4 Å². The van der Waals surface area contributed by atoms with Crippen LogP contribution in [0.4, 0.5) is 8.78 Å². The summed E-state index contributed by atoms with van der Waals surface area (Å²) in [6, 6.07) is 5.16. The highest BCUT2D eigenvalue weighted by atomic mass is 19.3. The lowest BCUT2D eigenvalue weighted by Gasteiger charge is -2.33. The fraction of sp³-hybridized carbons (Fsp3) is 0.625. The van der Waals surface area contributed by atoms with E-state index in [1.165, 1.54) is 7.11 Å². The minimum atomic E-state index is -2.88. The Morgan fingerprint density at radius 2 is 2.00 bits per heavy atom. The van der Waals surface area contributed by atoms with Crippen LogP contribution in [0.1, 0.15) is 25.3 Å².